The van der Waals surface area contributed by atoms with Gasteiger partial charge < -0.3 is 15.4 Å². The van der Waals surface area contributed by atoms with E-state index >= 15 is 0 Å². The minimum absolute atomic E-state index is 0.0721. The molecule has 3 atom stereocenters. The van der Waals surface area contributed by atoms with E-state index in [0.717, 1.165) is 37.2 Å². The molecule has 1 aromatic rings. The van der Waals surface area contributed by atoms with Crippen LogP contribution in [0.4, 0.5) is 0 Å². The highest BCUT2D eigenvalue weighted by molar-refractivity contribution is 5.85. The van der Waals surface area contributed by atoms with E-state index in [-0.39, 0.29) is 17.9 Å². The van der Waals surface area contributed by atoms with E-state index < -0.39 is 0 Å². The summed E-state index contributed by atoms with van der Waals surface area (Å²) < 4.78 is 5.62. The van der Waals surface area contributed by atoms with E-state index in [4.69, 9.17) is 4.74 Å². The van der Waals surface area contributed by atoms with Gasteiger partial charge in [-0.3, -0.25) is 4.79 Å². The normalized spacial score (nSPS) is 29.1. The zero-order valence-corrected chi connectivity index (χ0v) is 11.9. The summed E-state index contributed by atoms with van der Waals surface area (Å²) >= 11 is 0. The van der Waals surface area contributed by atoms with Crippen LogP contribution in [0.5, 0.6) is 5.75 Å². The van der Waals surface area contributed by atoms with Crippen molar-refractivity contribution in [2.45, 2.75) is 31.7 Å². The number of fused-ring (bicyclic) bond motifs is 1. The first kappa shape index (κ1) is 13.4. The zero-order chi connectivity index (χ0) is 13.9. The average molecular weight is 274 g/mol. The summed E-state index contributed by atoms with van der Waals surface area (Å²) in [5, 5.41) is 6.58. The number of hydrogen-bond donors (Lipinski definition) is 2. The molecule has 2 heterocycles. The number of piperidine rings is 1. The van der Waals surface area contributed by atoms with Gasteiger partial charge in [-0.05, 0) is 31.4 Å². The van der Waals surface area contributed by atoms with Gasteiger partial charge in [-0.2, -0.15) is 0 Å². The lowest BCUT2D eigenvalue weighted by atomic mass is 9.91. The van der Waals surface area contributed by atoms with E-state index in [1.807, 2.05) is 24.3 Å². The molecule has 108 valence electrons. The Morgan fingerprint density at radius 3 is 3.05 bits per heavy atom. The molecule has 0 saturated carbocycles. The van der Waals surface area contributed by atoms with Crippen molar-refractivity contribution in [1.82, 2.24) is 10.6 Å². The molecule has 4 nitrogen and oxygen atoms in total. The smallest absolute Gasteiger partial charge is 0.228 e. The van der Waals surface area contributed by atoms with Gasteiger partial charge in [0.25, 0.3) is 0 Å². The van der Waals surface area contributed by atoms with Crippen LogP contribution in [-0.2, 0) is 4.79 Å². The van der Waals surface area contributed by atoms with Gasteiger partial charge in [-0.1, -0.05) is 25.1 Å². The molecule has 0 spiro atoms. The summed E-state index contributed by atoms with van der Waals surface area (Å²) in [6.45, 7) is 4.76. The van der Waals surface area contributed by atoms with Crippen molar-refractivity contribution in [1.29, 1.82) is 0 Å². The number of para-hydroxylation sites is 1. The fourth-order valence-corrected chi connectivity index (χ4v) is 3.18. The Balaban J connectivity index is 1.69. The van der Waals surface area contributed by atoms with Crippen LogP contribution in [0, 0.1) is 5.92 Å². The number of nitrogens with one attached hydrogen (secondary N) is 2. The molecule has 1 aromatic carbocycles. The van der Waals surface area contributed by atoms with E-state index in [0.29, 0.717) is 12.5 Å². The second-order valence-electron chi connectivity index (χ2n) is 5.93. The maximum absolute atomic E-state index is 12.5. The molecule has 2 aliphatic heterocycles. The third kappa shape index (κ3) is 2.80. The van der Waals surface area contributed by atoms with Crippen LogP contribution in [0.15, 0.2) is 24.3 Å². The van der Waals surface area contributed by atoms with Gasteiger partial charge in [0, 0.05) is 18.2 Å². The number of rotatable bonds is 2. The van der Waals surface area contributed by atoms with Crippen molar-refractivity contribution in [2.75, 3.05) is 19.7 Å². The van der Waals surface area contributed by atoms with Gasteiger partial charge >= 0.3 is 0 Å². The van der Waals surface area contributed by atoms with Crippen molar-refractivity contribution >= 4 is 5.91 Å². The molecule has 1 saturated heterocycles. The van der Waals surface area contributed by atoms with E-state index in [2.05, 4.69) is 17.6 Å². The van der Waals surface area contributed by atoms with Crippen molar-refractivity contribution in [3.8, 4) is 5.75 Å². The van der Waals surface area contributed by atoms with Gasteiger partial charge in [0.2, 0.25) is 5.91 Å². The first-order valence-corrected chi connectivity index (χ1v) is 7.47. The van der Waals surface area contributed by atoms with Crippen LogP contribution < -0.4 is 15.4 Å². The number of ether oxygens (including phenoxy) is 1. The van der Waals surface area contributed by atoms with Crippen LogP contribution in [0.3, 0.4) is 0 Å². The van der Waals surface area contributed by atoms with Crippen LogP contribution in [0.2, 0.25) is 0 Å². The Hall–Kier alpha value is -1.55. The van der Waals surface area contributed by atoms with E-state index in [9.17, 15) is 4.79 Å². The third-order valence-corrected chi connectivity index (χ3v) is 4.19. The number of carbonyl (C=O) groups is 1. The lowest BCUT2D eigenvalue weighted by Crippen LogP contribution is -2.49. The summed E-state index contributed by atoms with van der Waals surface area (Å²) in [4.78, 5) is 12.5. The second-order valence-corrected chi connectivity index (χ2v) is 5.93. The SMILES string of the molecule is CC1CNCC(NC(=O)C2CCOc3ccccc32)C1. The summed E-state index contributed by atoms with van der Waals surface area (Å²) in [6.07, 6.45) is 1.82. The molecule has 0 aliphatic carbocycles. The standard InChI is InChI=1S/C16H22N2O2/c1-11-8-12(10-17-9-11)18-16(19)14-6-7-20-15-5-3-2-4-13(14)15/h2-5,11-12,14,17H,6-10H2,1H3,(H,18,19). The fraction of sp³-hybridized carbons (Fsp3) is 0.562. The van der Waals surface area contributed by atoms with E-state index in [1.54, 1.807) is 0 Å². The second kappa shape index (κ2) is 5.83. The summed E-state index contributed by atoms with van der Waals surface area (Å²) in [6, 6.07) is 8.12. The van der Waals surface area contributed by atoms with Gasteiger partial charge in [0.05, 0.1) is 12.5 Å². The summed E-state index contributed by atoms with van der Waals surface area (Å²) in [5.41, 5.74) is 1.02. The third-order valence-electron chi connectivity index (χ3n) is 4.19. The first-order valence-electron chi connectivity index (χ1n) is 7.47. The molecule has 3 unspecified atom stereocenters. The van der Waals surface area contributed by atoms with Crippen LogP contribution in [0.1, 0.15) is 31.2 Å². The molecular formula is C16H22N2O2. The number of amides is 1. The lowest BCUT2D eigenvalue weighted by Gasteiger charge is -2.31. The van der Waals surface area contributed by atoms with Crippen LogP contribution in [0.25, 0.3) is 0 Å². The largest absolute Gasteiger partial charge is 0.493 e. The topological polar surface area (TPSA) is 50.4 Å². The van der Waals surface area contributed by atoms with Crippen LogP contribution >= 0.6 is 0 Å². The molecule has 1 amide bonds. The molecule has 0 aromatic heterocycles. The van der Waals surface area contributed by atoms with Crippen molar-refractivity contribution in [2.24, 2.45) is 5.92 Å². The maximum Gasteiger partial charge on any atom is 0.228 e. The number of carbonyl (C=O) groups excluding carboxylic acids is 1. The molecule has 0 radical (unpaired) electrons. The van der Waals surface area contributed by atoms with Gasteiger partial charge in [-0.15, -0.1) is 0 Å². The van der Waals surface area contributed by atoms with Gasteiger partial charge in [-0.25, -0.2) is 0 Å². The Kier molecular flexibility index (Phi) is 3.92. The molecule has 2 N–H and O–H groups in total. The minimum atomic E-state index is -0.0721. The highest BCUT2D eigenvalue weighted by Gasteiger charge is 2.29. The highest BCUT2D eigenvalue weighted by Crippen LogP contribution is 2.33. The highest BCUT2D eigenvalue weighted by atomic mass is 16.5. The molecule has 2 aliphatic rings. The van der Waals surface area contributed by atoms with Crippen LogP contribution in [-0.4, -0.2) is 31.6 Å². The van der Waals surface area contributed by atoms with Gasteiger partial charge in [0.15, 0.2) is 0 Å². The van der Waals surface area contributed by atoms with Crippen molar-refractivity contribution in [3.05, 3.63) is 29.8 Å². The zero-order valence-electron chi connectivity index (χ0n) is 11.9. The predicted octanol–water partition coefficient (Wildman–Crippen LogP) is 1.67. The average Bonchev–Trinajstić information content (AvgIpc) is 2.46. The Labute approximate surface area is 119 Å². The van der Waals surface area contributed by atoms with Crippen molar-refractivity contribution < 1.29 is 9.53 Å². The predicted molar refractivity (Wildman–Crippen MR) is 77.9 cm³/mol. The monoisotopic (exact) mass is 274 g/mol. The van der Waals surface area contributed by atoms with E-state index in [1.165, 1.54) is 0 Å². The lowest BCUT2D eigenvalue weighted by molar-refractivity contribution is -0.124. The minimum Gasteiger partial charge on any atom is -0.493 e. The quantitative estimate of drug-likeness (QED) is 0.862. The molecule has 1 fully saturated rings. The van der Waals surface area contributed by atoms with Gasteiger partial charge in [0.1, 0.15) is 5.75 Å². The Morgan fingerprint density at radius 1 is 1.35 bits per heavy atom. The molecular weight excluding hydrogens is 252 g/mol. The summed E-state index contributed by atoms with van der Waals surface area (Å²) in [5.74, 6) is 1.55. The molecule has 20 heavy (non-hydrogen) atoms. The fourth-order valence-electron chi connectivity index (χ4n) is 3.18. The summed E-state index contributed by atoms with van der Waals surface area (Å²) in [7, 11) is 0. The Morgan fingerprint density at radius 2 is 2.20 bits per heavy atom. The number of hydrogen-bond acceptors (Lipinski definition) is 3. The maximum atomic E-state index is 12.5. The van der Waals surface area contributed by atoms with Crippen molar-refractivity contribution in [3.63, 3.8) is 0 Å². The molecule has 0 bridgehead atoms. The molecule has 4 heteroatoms. The number of benzene rings is 1. The first-order chi connectivity index (χ1) is 9.74. The molecule has 3 rings (SSSR count). The Bertz CT molecular complexity index is 489.